The summed E-state index contributed by atoms with van der Waals surface area (Å²) in [7, 11) is 5.55. The molecule has 1 heterocycles. The van der Waals surface area contributed by atoms with E-state index in [-0.39, 0.29) is 0 Å². The fourth-order valence-corrected chi connectivity index (χ4v) is 3.26. The standard InChI is InChI=1S/C21H27N3O2/c1-22-21(24(2)15-18-6-4-5-7-19(18)25-3)23-12-10-16-8-9-20-17(14-16)11-13-26-20/h4-9,14H,10-13,15H2,1-3H3,(H,22,23). The summed E-state index contributed by atoms with van der Waals surface area (Å²) >= 11 is 0. The van der Waals surface area contributed by atoms with Crippen molar-refractivity contribution in [2.24, 2.45) is 4.99 Å². The third kappa shape index (κ3) is 4.28. The van der Waals surface area contributed by atoms with Gasteiger partial charge in [0.2, 0.25) is 0 Å². The highest BCUT2D eigenvalue weighted by Gasteiger charge is 2.12. The largest absolute Gasteiger partial charge is 0.496 e. The summed E-state index contributed by atoms with van der Waals surface area (Å²) in [6, 6.07) is 14.6. The van der Waals surface area contributed by atoms with Crippen LogP contribution >= 0.6 is 0 Å². The molecular formula is C21H27N3O2. The van der Waals surface area contributed by atoms with E-state index in [1.807, 2.05) is 32.3 Å². The van der Waals surface area contributed by atoms with Crippen LogP contribution in [0.15, 0.2) is 47.5 Å². The van der Waals surface area contributed by atoms with E-state index in [1.54, 1.807) is 7.11 Å². The van der Waals surface area contributed by atoms with Gasteiger partial charge in [-0.1, -0.05) is 30.3 Å². The van der Waals surface area contributed by atoms with Gasteiger partial charge in [0, 0.05) is 39.2 Å². The third-order valence-electron chi connectivity index (χ3n) is 4.62. The number of para-hydroxylation sites is 1. The molecule has 5 heteroatoms. The normalized spacial score (nSPS) is 13.1. The van der Waals surface area contributed by atoms with Crippen LogP contribution in [0.1, 0.15) is 16.7 Å². The van der Waals surface area contributed by atoms with Gasteiger partial charge in [-0.05, 0) is 29.7 Å². The molecule has 0 atom stereocenters. The fourth-order valence-electron chi connectivity index (χ4n) is 3.26. The van der Waals surface area contributed by atoms with Gasteiger partial charge < -0.3 is 19.7 Å². The van der Waals surface area contributed by atoms with Gasteiger partial charge in [0.05, 0.1) is 13.7 Å². The zero-order valence-corrected chi connectivity index (χ0v) is 15.8. The Morgan fingerprint density at radius 2 is 2.12 bits per heavy atom. The molecule has 0 aliphatic carbocycles. The Hall–Kier alpha value is -2.69. The average Bonchev–Trinajstić information content (AvgIpc) is 3.13. The molecule has 2 aromatic carbocycles. The molecule has 1 aliphatic heterocycles. The first kappa shape index (κ1) is 18.1. The number of guanidine groups is 1. The molecule has 1 N–H and O–H groups in total. The molecule has 0 aromatic heterocycles. The molecule has 2 aromatic rings. The van der Waals surface area contributed by atoms with Gasteiger partial charge in [0.25, 0.3) is 0 Å². The lowest BCUT2D eigenvalue weighted by atomic mass is 10.1. The highest BCUT2D eigenvalue weighted by atomic mass is 16.5. The minimum absolute atomic E-state index is 0.736. The van der Waals surface area contributed by atoms with Crippen LogP contribution < -0.4 is 14.8 Å². The first-order valence-corrected chi connectivity index (χ1v) is 8.99. The number of nitrogens with zero attached hydrogens (tertiary/aromatic N) is 2. The average molecular weight is 353 g/mol. The molecule has 0 unspecified atom stereocenters. The molecule has 0 saturated carbocycles. The maximum atomic E-state index is 5.57. The van der Waals surface area contributed by atoms with Gasteiger partial charge in [0.15, 0.2) is 5.96 Å². The lowest BCUT2D eigenvalue weighted by Crippen LogP contribution is -2.39. The quantitative estimate of drug-likeness (QED) is 0.641. The Morgan fingerprint density at radius 3 is 2.92 bits per heavy atom. The van der Waals surface area contributed by atoms with E-state index in [2.05, 4.69) is 39.5 Å². The van der Waals surface area contributed by atoms with Gasteiger partial charge in [-0.15, -0.1) is 0 Å². The number of benzene rings is 2. The Balaban J connectivity index is 1.54. The molecular weight excluding hydrogens is 326 g/mol. The second kappa shape index (κ2) is 8.61. The smallest absolute Gasteiger partial charge is 0.193 e. The molecule has 3 rings (SSSR count). The maximum absolute atomic E-state index is 5.57. The molecule has 0 amide bonds. The summed E-state index contributed by atoms with van der Waals surface area (Å²) < 4.78 is 11.0. The zero-order chi connectivity index (χ0) is 18.4. The van der Waals surface area contributed by atoms with Crippen LogP contribution in [0.3, 0.4) is 0 Å². The van der Waals surface area contributed by atoms with E-state index in [1.165, 1.54) is 11.1 Å². The van der Waals surface area contributed by atoms with Crippen molar-refractivity contribution in [1.29, 1.82) is 0 Å². The van der Waals surface area contributed by atoms with Crippen molar-refractivity contribution in [3.63, 3.8) is 0 Å². The highest BCUT2D eigenvalue weighted by molar-refractivity contribution is 5.79. The molecule has 5 nitrogen and oxygen atoms in total. The van der Waals surface area contributed by atoms with Gasteiger partial charge >= 0.3 is 0 Å². The Bertz CT molecular complexity index is 774. The number of ether oxygens (including phenoxy) is 2. The fraction of sp³-hybridized carbons (Fsp3) is 0.381. The third-order valence-corrected chi connectivity index (χ3v) is 4.62. The summed E-state index contributed by atoms with van der Waals surface area (Å²) in [5.74, 6) is 2.81. The van der Waals surface area contributed by atoms with Crippen molar-refractivity contribution in [3.8, 4) is 11.5 Å². The minimum Gasteiger partial charge on any atom is -0.496 e. The zero-order valence-electron chi connectivity index (χ0n) is 15.8. The number of aliphatic imine (C=N–C) groups is 1. The van der Waals surface area contributed by atoms with Crippen LogP contribution in [-0.2, 0) is 19.4 Å². The van der Waals surface area contributed by atoms with Crippen LogP contribution in [0.4, 0.5) is 0 Å². The second-order valence-corrected chi connectivity index (χ2v) is 6.43. The van der Waals surface area contributed by atoms with Crippen LogP contribution in [0.25, 0.3) is 0 Å². The molecule has 26 heavy (non-hydrogen) atoms. The van der Waals surface area contributed by atoms with Gasteiger partial charge in [-0.3, -0.25) is 4.99 Å². The highest BCUT2D eigenvalue weighted by Crippen LogP contribution is 2.25. The van der Waals surface area contributed by atoms with Crippen LogP contribution in [0.5, 0.6) is 11.5 Å². The lowest BCUT2D eigenvalue weighted by Gasteiger charge is -2.23. The number of nitrogens with one attached hydrogen (secondary N) is 1. The van der Waals surface area contributed by atoms with E-state index in [0.717, 1.165) is 55.6 Å². The van der Waals surface area contributed by atoms with E-state index in [9.17, 15) is 0 Å². The molecule has 0 fully saturated rings. The maximum Gasteiger partial charge on any atom is 0.193 e. The van der Waals surface area contributed by atoms with E-state index in [0.29, 0.717) is 0 Å². The van der Waals surface area contributed by atoms with Crippen molar-refractivity contribution < 1.29 is 9.47 Å². The topological polar surface area (TPSA) is 46.1 Å². The predicted octanol–water partition coefficient (Wildman–Crippen LogP) is 2.88. The summed E-state index contributed by atoms with van der Waals surface area (Å²) in [6.45, 7) is 2.37. The van der Waals surface area contributed by atoms with E-state index in [4.69, 9.17) is 9.47 Å². The van der Waals surface area contributed by atoms with Crippen LogP contribution in [0, 0.1) is 0 Å². The van der Waals surface area contributed by atoms with Gasteiger partial charge in [0.1, 0.15) is 11.5 Å². The molecule has 0 radical (unpaired) electrons. The number of fused-ring (bicyclic) bond motifs is 1. The van der Waals surface area contributed by atoms with E-state index >= 15 is 0 Å². The number of methoxy groups -OCH3 is 1. The van der Waals surface area contributed by atoms with Gasteiger partial charge in [-0.2, -0.15) is 0 Å². The molecule has 138 valence electrons. The van der Waals surface area contributed by atoms with Crippen LogP contribution in [0.2, 0.25) is 0 Å². The minimum atomic E-state index is 0.736. The van der Waals surface area contributed by atoms with Gasteiger partial charge in [-0.25, -0.2) is 0 Å². The number of hydrogen-bond acceptors (Lipinski definition) is 3. The van der Waals surface area contributed by atoms with Crippen molar-refractivity contribution in [3.05, 3.63) is 59.2 Å². The summed E-state index contributed by atoms with van der Waals surface area (Å²) in [6.07, 6.45) is 1.97. The SMILES string of the molecule is CN=C(NCCc1ccc2c(c1)CCO2)N(C)Cc1ccccc1OC. The Morgan fingerprint density at radius 1 is 1.27 bits per heavy atom. The summed E-state index contributed by atoms with van der Waals surface area (Å²) in [5, 5.41) is 3.45. The Kier molecular flexibility index (Phi) is 6.00. The molecule has 0 spiro atoms. The first-order valence-electron chi connectivity index (χ1n) is 8.99. The van der Waals surface area contributed by atoms with Crippen molar-refractivity contribution in [2.75, 3.05) is 34.4 Å². The lowest BCUT2D eigenvalue weighted by molar-refractivity contribution is 0.357. The second-order valence-electron chi connectivity index (χ2n) is 6.43. The van der Waals surface area contributed by atoms with Crippen molar-refractivity contribution in [1.82, 2.24) is 10.2 Å². The monoisotopic (exact) mass is 353 g/mol. The predicted molar refractivity (Wildman–Crippen MR) is 105 cm³/mol. The first-order chi connectivity index (χ1) is 12.7. The number of hydrogen-bond donors (Lipinski definition) is 1. The molecule has 1 aliphatic rings. The Labute approximate surface area is 155 Å². The molecule has 0 saturated heterocycles. The number of rotatable bonds is 6. The van der Waals surface area contributed by atoms with Crippen molar-refractivity contribution in [2.45, 2.75) is 19.4 Å². The molecule has 0 bridgehead atoms. The van der Waals surface area contributed by atoms with Crippen LogP contribution in [-0.4, -0.2) is 45.2 Å². The van der Waals surface area contributed by atoms with E-state index < -0.39 is 0 Å². The van der Waals surface area contributed by atoms with Crippen molar-refractivity contribution >= 4 is 5.96 Å². The summed E-state index contributed by atoms with van der Waals surface area (Å²) in [5.41, 5.74) is 3.78. The summed E-state index contributed by atoms with van der Waals surface area (Å²) in [4.78, 5) is 6.50.